The highest BCUT2D eigenvalue weighted by Gasteiger charge is 2.26. The molecule has 2 unspecified atom stereocenters. The molecule has 0 radical (unpaired) electrons. The first-order chi connectivity index (χ1) is 13.6. The predicted octanol–water partition coefficient (Wildman–Crippen LogP) is 2.59. The summed E-state index contributed by atoms with van der Waals surface area (Å²) in [5, 5.41) is 13.2. The monoisotopic (exact) mass is 420 g/mol. The minimum absolute atomic E-state index is 0. The topological polar surface area (TPSA) is 93.8 Å². The number of amides is 1. The number of ether oxygens (including phenoxy) is 2. The largest absolute Gasteiger partial charge is 0.489 e. The first kappa shape index (κ1) is 23.2. The van der Waals surface area contributed by atoms with Crippen molar-refractivity contribution in [2.45, 2.75) is 31.6 Å². The van der Waals surface area contributed by atoms with Crippen LogP contribution in [0.5, 0.6) is 5.75 Å². The van der Waals surface area contributed by atoms with Crippen LogP contribution in [0.25, 0.3) is 0 Å². The summed E-state index contributed by atoms with van der Waals surface area (Å²) in [5.41, 5.74) is 7.82. The van der Waals surface area contributed by atoms with E-state index in [9.17, 15) is 9.90 Å². The minimum Gasteiger partial charge on any atom is -0.489 e. The van der Waals surface area contributed by atoms with E-state index in [0.717, 1.165) is 18.4 Å². The number of benzene rings is 2. The average molecular weight is 421 g/mol. The number of nitrogens with two attached hydrogens (primary N) is 1. The van der Waals surface area contributed by atoms with Crippen LogP contribution in [0, 0.1) is 5.92 Å². The number of hydrogen-bond donors (Lipinski definition) is 3. The van der Waals surface area contributed by atoms with Gasteiger partial charge >= 0.3 is 0 Å². The van der Waals surface area contributed by atoms with Crippen molar-refractivity contribution in [3.63, 3.8) is 0 Å². The summed E-state index contributed by atoms with van der Waals surface area (Å²) in [6, 6.07) is 16.6. The molecule has 2 aromatic rings. The van der Waals surface area contributed by atoms with Gasteiger partial charge in [0.25, 0.3) is 0 Å². The minimum atomic E-state index is -0.828. The number of aliphatic hydroxyl groups is 1. The van der Waals surface area contributed by atoms with E-state index in [1.54, 1.807) is 6.07 Å². The molecule has 158 valence electrons. The molecule has 3 rings (SSSR count). The number of aliphatic hydroxyl groups excluding tert-OH is 1. The van der Waals surface area contributed by atoms with Crippen LogP contribution in [0.2, 0.25) is 0 Å². The van der Waals surface area contributed by atoms with E-state index in [4.69, 9.17) is 15.2 Å². The zero-order valence-corrected chi connectivity index (χ0v) is 17.1. The fourth-order valence-electron chi connectivity index (χ4n) is 3.27. The maximum atomic E-state index is 12.3. The molecule has 1 fully saturated rings. The van der Waals surface area contributed by atoms with Gasteiger partial charge < -0.3 is 25.6 Å². The van der Waals surface area contributed by atoms with Crippen molar-refractivity contribution in [2.75, 3.05) is 19.8 Å². The van der Waals surface area contributed by atoms with Gasteiger partial charge in [-0.05, 0) is 42.0 Å². The second kappa shape index (κ2) is 11.8. The lowest BCUT2D eigenvalue weighted by Gasteiger charge is -2.27. The molecule has 4 N–H and O–H groups in total. The average Bonchev–Trinajstić information content (AvgIpc) is 2.76. The van der Waals surface area contributed by atoms with Gasteiger partial charge in [-0.3, -0.25) is 4.79 Å². The fourth-order valence-corrected chi connectivity index (χ4v) is 3.27. The predicted molar refractivity (Wildman–Crippen MR) is 114 cm³/mol. The SMILES string of the molecule is Cl.NC(C(=O)NCC(O)c1cccc(OCc2ccccc2)c1)C1CCOCC1. The number of carbonyl (C=O) groups is 1. The lowest BCUT2D eigenvalue weighted by molar-refractivity contribution is -0.124. The van der Waals surface area contributed by atoms with E-state index in [-0.39, 0.29) is 30.8 Å². The molecule has 0 aliphatic carbocycles. The molecule has 7 heteroatoms. The van der Waals surface area contributed by atoms with Gasteiger partial charge in [0.2, 0.25) is 5.91 Å². The second-order valence-corrected chi connectivity index (χ2v) is 7.08. The third kappa shape index (κ3) is 7.01. The Morgan fingerprint density at radius 3 is 2.62 bits per heavy atom. The van der Waals surface area contributed by atoms with Crippen molar-refractivity contribution in [2.24, 2.45) is 11.7 Å². The van der Waals surface area contributed by atoms with Crippen LogP contribution in [-0.2, 0) is 16.1 Å². The number of hydrogen-bond acceptors (Lipinski definition) is 5. The van der Waals surface area contributed by atoms with Crippen LogP contribution >= 0.6 is 12.4 Å². The van der Waals surface area contributed by atoms with Gasteiger partial charge in [0.1, 0.15) is 12.4 Å². The molecule has 6 nitrogen and oxygen atoms in total. The van der Waals surface area contributed by atoms with Gasteiger partial charge in [-0.25, -0.2) is 0 Å². The molecule has 1 amide bonds. The standard InChI is InChI=1S/C22H28N2O4.ClH/c23-21(17-9-11-27-12-10-17)22(26)24-14-20(25)18-7-4-8-19(13-18)28-15-16-5-2-1-3-6-16;/h1-8,13,17,20-21,25H,9-12,14-15,23H2,(H,24,26);1H. The molecule has 2 aromatic carbocycles. The quantitative estimate of drug-likeness (QED) is 0.610. The van der Waals surface area contributed by atoms with Crippen LogP contribution in [0.3, 0.4) is 0 Å². The van der Waals surface area contributed by atoms with Gasteiger partial charge in [-0.15, -0.1) is 12.4 Å². The van der Waals surface area contributed by atoms with Crippen molar-refractivity contribution in [1.29, 1.82) is 0 Å². The zero-order chi connectivity index (χ0) is 19.8. The van der Waals surface area contributed by atoms with Crippen LogP contribution in [-0.4, -0.2) is 36.8 Å². The van der Waals surface area contributed by atoms with E-state index in [1.165, 1.54) is 0 Å². The molecule has 0 bridgehead atoms. The van der Waals surface area contributed by atoms with Crippen LogP contribution in [0.4, 0.5) is 0 Å². The maximum absolute atomic E-state index is 12.3. The highest BCUT2D eigenvalue weighted by atomic mass is 35.5. The summed E-state index contributed by atoms with van der Waals surface area (Å²) in [7, 11) is 0. The molecular formula is C22H29ClN2O4. The number of nitrogens with one attached hydrogen (secondary N) is 1. The number of rotatable bonds is 8. The van der Waals surface area contributed by atoms with Gasteiger partial charge in [-0.1, -0.05) is 42.5 Å². The lowest BCUT2D eigenvalue weighted by atomic mass is 9.92. The molecule has 0 spiro atoms. The summed E-state index contributed by atoms with van der Waals surface area (Å²) in [5.74, 6) is 0.564. The summed E-state index contributed by atoms with van der Waals surface area (Å²) in [6.45, 7) is 1.85. The highest BCUT2D eigenvalue weighted by molar-refractivity contribution is 5.85. The van der Waals surface area contributed by atoms with E-state index in [1.807, 2.05) is 48.5 Å². The highest BCUT2D eigenvalue weighted by Crippen LogP contribution is 2.21. The summed E-state index contributed by atoms with van der Waals surface area (Å²) in [6.07, 6.45) is 0.752. The Bertz CT molecular complexity index is 753. The summed E-state index contributed by atoms with van der Waals surface area (Å²) < 4.78 is 11.1. The molecule has 1 aliphatic heterocycles. The lowest BCUT2D eigenvalue weighted by Crippen LogP contribution is -2.47. The van der Waals surface area contributed by atoms with Crippen LogP contribution < -0.4 is 15.8 Å². The number of carbonyl (C=O) groups excluding carboxylic acids is 1. The molecule has 0 aromatic heterocycles. The van der Waals surface area contributed by atoms with Crippen molar-refractivity contribution in [3.8, 4) is 5.75 Å². The maximum Gasteiger partial charge on any atom is 0.237 e. The van der Waals surface area contributed by atoms with Gasteiger partial charge in [0.15, 0.2) is 0 Å². The van der Waals surface area contributed by atoms with E-state index in [2.05, 4.69) is 5.32 Å². The Balaban J connectivity index is 0.00000300. The van der Waals surface area contributed by atoms with Crippen molar-refractivity contribution >= 4 is 18.3 Å². The van der Waals surface area contributed by atoms with Gasteiger partial charge in [0, 0.05) is 19.8 Å². The molecular weight excluding hydrogens is 392 g/mol. The van der Waals surface area contributed by atoms with E-state index >= 15 is 0 Å². The number of halogens is 1. The Kier molecular flexibility index (Phi) is 9.41. The zero-order valence-electron chi connectivity index (χ0n) is 16.3. The van der Waals surface area contributed by atoms with Crippen LogP contribution in [0.15, 0.2) is 54.6 Å². The van der Waals surface area contributed by atoms with Crippen molar-refractivity contribution < 1.29 is 19.4 Å². The molecule has 1 aliphatic rings. The normalized spacial score (nSPS) is 16.3. The Hall–Kier alpha value is -2.12. The van der Waals surface area contributed by atoms with E-state index < -0.39 is 12.1 Å². The van der Waals surface area contributed by atoms with Crippen LogP contribution in [0.1, 0.15) is 30.1 Å². The van der Waals surface area contributed by atoms with Crippen molar-refractivity contribution in [1.82, 2.24) is 5.32 Å². The molecule has 0 saturated carbocycles. The third-order valence-electron chi connectivity index (χ3n) is 5.04. The first-order valence-electron chi connectivity index (χ1n) is 9.69. The second-order valence-electron chi connectivity index (χ2n) is 7.08. The fraction of sp³-hybridized carbons (Fsp3) is 0.409. The first-order valence-corrected chi connectivity index (χ1v) is 9.69. The summed E-state index contributed by atoms with van der Waals surface area (Å²) in [4.78, 5) is 12.3. The van der Waals surface area contributed by atoms with Gasteiger partial charge in [-0.2, -0.15) is 0 Å². The Morgan fingerprint density at radius 2 is 1.90 bits per heavy atom. The van der Waals surface area contributed by atoms with Gasteiger partial charge in [0.05, 0.1) is 12.1 Å². The van der Waals surface area contributed by atoms with Crippen molar-refractivity contribution in [3.05, 3.63) is 65.7 Å². The molecule has 29 heavy (non-hydrogen) atoms. The van der Waals surface area contributed by atoms with E-state index in [0.29, 0.717) is 31.1 Å². The molecule has 1 saturated heterocycles. The Labute approximate surface area is 177 Å². The summed E-state index contributed by atoms with van der Waals surface area (Å²) >= 11 is 0. The molecule has 2 atom stereocenters. The Morgan fingerprint density at radius 1 is 1.17 bits per heavy atom. The smallest absolute Gasteiger partial charge is 0.237 e. The molecule has 1 heterocycles. The third-order valence-corrected chi connectivity index (χ3v) is 5.04.